The van der Waals surface area contributed by atoms with Crippen molar-refractivity contribution in [3.05, 3.63) is 35.6 Å². The fourth-order valence-electron chi connectivity index (χ4n) is 2.13. The van der Waals surface area contributed by atoms with Crippen LogP contribution >= 0.6 is 24.0 Å². The van der Waals surface area contributed by atoms with Crippen molar-refractivity contribution in [2.24, 2.45) is 10.9 Å². The zero-order chi connectivity index (χ0) is 19.7. The highest BCUT2D eigenvalue weighted by Crippen LogP contribution is 2.08. The number of carbonyl (C=O) groups is 1. The SMILES string of the molecule is CN=C(NCc1ccc(F)cc1)NCC(NC(=O)OC(C)(C)C)C(C)C.I. The number of halogens is 2. The average molecular weight is 494 g/mol. The maximum absolute atomic E-state index is 12.9. The minimum atomic E-state index is -0.536. The van der Waals surface area contributed by atoms with Crippen LogP contribution in [0, 0.1) is 11.7 Å². The Kier molecular flexibility index (Phi) is 11.3. The van der Waals surface area contributed by atoms with Crippen molar-refractivity contribution >= 4 is 36.0 Å². The third-order valence-corrected chi connectivity index (χ3v) is 3.59. The Balaban J connectivity index is 0.00000676. The molecule has 0 fully saturated rings. The summed E-state index contributed by atoms with van der Waals surface area (Å²) in [6.45, 7) is 10.6. The summed E-state index contributed by atoms with van der Waals surface area (Å²) >= 11 is 0. The van der Waals surface area contributed by atoms with Gasteiger partial charge in [0.25, 0.3) is 0 Å². The molecular weight excluding hydrogens is 462 g/mol. The van der Waals surface area contributed by atoms with Crippen LogP contribution in [0.5, 0.6) is 0 Å². The van der Waals surface area contributed by atoms with Gasteiger partial charge in [-0.2, -0.15) is 0 Å². The molecule has 1 unspecified atom stereocenters. The quantitative estimate of drug-likeness (QED) is 0.321. The molecule has 8 heteroatoms. The third kappa shape index (κ3) is 11.0. The minimum absolute atomic E-state index is 0. The van der Waals surface area contributed by atoms with E-state index in [4.69, 9.17) is 4.74 Å². The van der Waals surface area contributed by atoms with Crippen LogP contribution in [0.25, 0.3) is 0 Å². The van der Waals surface area contributed by atoms with Gasteiger partial charge in [-0.1, -0.05) is 26.0 Å². The molecule has 0 aliphatic rings. The number of nitrogens with zero attached hydrogens (tertiary/aromatic N) is 1. The fraction of sp³-hybridized carbons (Fsp3) is 0.579. The van der Waals surface area contributed by atoms with Gasteiger partial charge in [0.1, 0.15) is 11.4 Å². The average Bonchev–Trinajstić information content (AvgIpc) is 2.53. The first-order valence-corrected chi connectivity index (χ1v) is 8.79. The minimum Gasteiger partial charge on any atom is -0.444 e. The van der Waals surface area contributed by atoms with Gasteiger partial charge in [0, 0.05) is 20.1 Å². The number of nitrogens with one attached hydrogen (secondary N) is 3. The molecule has 6 nitrogen and oxygen atoms in total. The van der Waals surface area contributed by atoms with Crippen LogP contribution in [0.3, 0.4) is 0 Å². The van der Waals surface area contributed by atoms with E-state index in [1.54, 1.807) is 19.2 Å². The van der Waals surface area contributed by atoms with Gasteiger partial charge in [0.05, 0.1) is 6.04 Å². The Morgan fingerprint density at radius 1 is 1.19 bits per heavy atom. The number of benzene rings is 1. The molecule has 1 aromatic rings. The summed E-state index contributed by atoms with van der Waals surface area (Å²) in [5.74, 6) is 0.556. The third-order valence-electron chi connectivity index (χ3n) is 3.59. The summed E-state index contributed by atoms with van der Waals surface area (Å²) in [5.41, 5.74) is 0.410. The van der Waals surface area contributed by atoms with Crippen molar-refractivity contribution in [2.75, 3.05) is 13.6 Å². The molecule has 0 aliphatic carbocycles. The zero-order valence-electron chi connectivity index (χ0n) is 16.9. The summed E-state index contributed by atoms with van der Waals surface area (Å²) in [5, 5.41) is 9.24. The predicted octanol–water partition coefficient (Wildman–Crippen LogP) is 3.66. The van der Waals surface area contributed by atoms with E-state index in [1.165, 1.54) is 12.1 Å². The molecule has 1 atom stereocenters. The summed E-state index contributed by atoms with van der Waals surface area (Å²) in [7, 11) is 1.67. The van der Waals surface area contributed by atoms with Crippen molar-refractivity contribution in [1.29, 1.82) is 0 Å². The number of alkyl carbamates (subject to hydrolysis) is 1. The van der Waals surface area contributed by atoms with E-state index in [-0.39, 0.29) is 41.8 Å². The van der Waals surface area contributed by atoms with Crippen LogP contribution in [0.2, 0.25) is 0 Å². The molecule has 0 aliphatic heterocycles. The van der Waals surface area contributed by atoms with Crippen LogP contribution in [-0.2, 0) is 11.3 Å². The van der Waals surface area contributed by atoms with E-state index in [9.17, 15) is 9.18 Å². The number of aliphatic imine (C=N–C) groups is 1. The molecule has 27 heavy (non-hydrogen) atoms. The van der Waals surface area contributed by atoms with E-state index >= 15 is 0 Å². The lowest BCUT2D eigenvalue weighted by molar-refractivity contribution is 0.0491. The molecule has 0 heterocycles. The highest BCUT2D eigenvalue weighted by molar-refractivity contribution is 14.0. The number of ether oxygens (including phenoxy) is 1. The molecule has 0 saturated carbocycles. The van der Waals surface area contributed by atoms with E-state index in [1.807, 2.05) is 34.6 Å². The van der Waals surface area contributed by atoms with Crippen LogP contribution in [0.15, 0.2) is 29.3 Å². The maximum atomic E-state index is 12.9. The molecule has 1 aromatic carbocycles. The normalized spacial score (nSPS) is 12.8. The Hall–Kier alpha value is -1.58. The molecule has 0 spiro atoms. The Morgan fingerprint density at radius 3 is 2.26 bits per heavy atom. The highest BCUT2D eigenvalue weighted by atomic mass is 127. The van der Waals surface area contributed by atoms with Gasteiger partial charge in [-0.25, -0.2) is 9.18 Å². The Labute approximate surface area is 178 Å². The summed E-state index contributed by atoms with van der Waals surface area (Å²) in [6, 6.07) is 6.17. The molecule has 0 bridgehead atoms. The topological polar surface area (TPSA) is 74.8 Å². The van der Waals surface area contributed by atoms with E-state index < -0.39 is 11.7 Å². The van der Waals surface area contributed by atoms with E-state index in [0.717, 1.165) is 5.56 Å². The van der Waals surface area contributed by atoms with E-state index in [0.29, 0.717) is 19.0 Å². The highest BCUT2D eigenvalue weighted by Gasteiger charge is 2.21. The van der Waals surface area contributed by atoms with Gasteiger partial charge in [-0.15, -0.1) is 24.0 Å². The molecule has 0 aromatic heterocycles. The van der Waals surface area contributed by atoms with Gasteiger partial charge >= 0.3 is 6.09 Å². The van der Waals surface area contributed by atoms with Crippen molar-refractivity contribution in [2.45, 2.75) is 52.8 Å². The maximum Gasteiger partial charge on any atom is 0.407 e. The first-order valence-electron chi connectivity index (χ1n) is 8.79. The molecule has 154 valence electrons. The Morgan fingerprint density at radius 2 is 1.78 bits per heavy atom. The second-order valence-corrected chi connectivity index (χ2v) is 7.43. The second kappa shape index (κ2) is 12.0. The molecule has 1 amide bonds. The summed E-state index contributed by atoms with van der Waals surface area (Å²) in [4.78, 5) is 16.2. The molecule has 0 radical (unpaired) electrons. The Bertz CT molecular complexity index is 601. The van der Waals surface area contributed by atoms with Crippen molar-refractivity contribution in [1.82, 2.24) is 16.0 Å². The molecule has 3 N–H and O–H groups in total. The first kappa shape index (κ1) is 25.4. The van der Waals surface area contributed by atoms with Gasteiger partial charge in [-0.3, -0.25) is 4.99 Å². The van der Waals surface area contributed by atoms with Crippen molar-refractivity contribution in [3.63, 3.8) is 0 Å². The van der Waals surface area contributed by atoms with Crippen LogP contribution in [-0.4, -0.2) is 37.3 Å². The summed E-state index contributed by atoms with van der Waals surface area (Å²) < 4.78 is 18.3. The first-order chi connectivity index (χ1) is 12.1. The largest absolute Gasteiger partial charge is 0.444 e. The lowest BCUT2D eigenvalue weighted by atomic mass is 10.0. The second-order valence-electron chi connectivity index (χ2n) is 7.43. The molecular formula is C19H32FIN4O2. The number of hydrogen-bond acceptors (Lipinski definition) is 3. The van der Waals surface area contributed by atoms with Crippen LogP contribution in [0.4, 0.5) is 9.18 Å². The molecule has 1 rings (SSSR count). The zero-order valence-corrected chi connectivity index (χ0v) is 19.3. The van der Waals surface area contributed by atoms with Crippen molar-refractivity contribution in [3.8, 4) is 0 Å². The van der Waals surface area contributed by atoms with Crippen LogP contribution < -0.4 is 16.0 Å². The number of guanidine groups is 1. The fourth-order valence-corrected chi connectivity index (χ4v) is 2.13. The number of rotatable bonds is 6. The standard InChI is InChI=1S/C19H31FN4O2.HI/c1-13(2)16(24-18(25)26-19(3,4)5)12-23-17(21-6)22-11-14-7-9-15(20)10-8-14;/h7-10,13,16H,11-12H2,1-6H3,(H,24,25)(H2,21,22,23);1H. The van der Waals surface area contributed by atoms with E-state index in [2.05, 4.69) is 20.9 Å². The lowest BCUT2D eigenvalue weighted by Crippen LogP contribution is -2.50. The van der Waals surface area contributed by atoms with Gasteiger partial charge in [0.15, 0.2) is 5.96 Å². The monoisotopic (exact) mass is 494 g/mol. The number of carbonyl (C=O) groups excluding carboxylic acids is 1. The van der Waals surface area contributed by atoms with Gasteiger partial charge < -0.3 is 20.7 Å². The predicted molar refractivity (Wildman–Crippen MR) is 118 cm³/mol. The number of hydrogen-bond donors (Lipinski definition) is 3. The van der Waals surface area contributed by atoms with Crippen LogP contribution in [0.1, 0.15) is 40.2 Å². The van der Waals surface area contributed by atoms with Gasteiger partial charge in [-0.05, 0) is 44.4 Å². The smallest absolute Gasteiger partial charge is 0.407 e. The van der Waals surface area contributed by atoms with Crippen molar-refractivity contribution < 1.29 is 13.9 Å². The number of amides is 1. The lowest BCUT2D eigenvalue weighted by Gasteiger charge is -2.26. The molecule has 0 saturated heterocycles. The summed E-state index contributed by atoms with van der Waals surface area (Å²) in [6.07, 6.45) is -0.438. The van der Waals surface area contributed by atoms with Gasteiger partial charge in [0.2, 0.25) is 0 Å².